The quantitative estimate of drug-likeness (QED) is 0.351. The van der Waals surface area contributed by atoms with Crippen LogP contribution in [-0.2, 0) is 4.79 Å². The Morgan fingerprint density at radius 3 is 2.55 bits per heavy atom. The van der Waals surface area contributed by atoms with Gasteiger partial charge in [-0.05, 0) is 0 Å². The molecule has 2 aromatic rings. The number of nitro groups is 1. The van der Waals surface area contributed by atoms with Gasteiger partial charge in [-0.3, -0.25) is 14.9 Å². The highest BCUT2D eigenvalue weighted by Crippen LogP contribution is 2.35. The third-order valence-corrected chi connectivity index (χ3v) is 2.87. The molecule has 0 saturated heterocycles. The third kappa shape index (κ3) is 2.61. The third-order valence-electron chi connectivity index (χ3n) is 2.87. The average Bonchev–Trinajstić information content (AvgIpc) is 2.91. The largest absolute Gasteiger partial charge is 0.493 e. The van der Waals surface area contributed by atoms with Gasteiger partial charge < -0.3 is 20.5 Å². The predicted octanol–water partition coefficient (Wildman–Crippen LogP) is 0.948. The molecule has 0 aliphatic carbocycles. The number of nitrogens with two attached hydrogens (primary N) is 1. The molecule has 0 atom stereocenters. The Hall–Kier alpha value is -3.30. The zero-order valence-electron chi connectivity index (χ0n) is 11.8. The lowest BCUT2D eigenvalue weighted by Crippen LogP contribution is -2.03. The minimum Gasteiger partial charge on any atom is -0.493 e. The van der Waals surface area contributed by atoms with Gasteiger partial charge in [-0.15, -0.1) is 5.10 Å². The fourth-order valence-corrected chi connectivity index (χ4v) is 1.86. The lowest BCUT2D eigenvalue weighted by Gasteiger charge is -2.12. The van der Waals surface area contributed by atoms with Gasteiger partial charge in [0.15, 0.2) is 11.5 Å². The zero-order chi connectivity index (χ0) is 16.3. The summed E-state index contributed by atoms with van der Waals surface area (Å²) in [6, 6.07) is 3.03. The first-order valence-electron chi connectivity index (χ1n) is 5.98. The smallest absolute Gasteiger partial charge is 0.331 e. The van der Waals surface area contributed by atoms with Crippen molar-refractivity contribution in [1.29, 1.82) is 0 Å². The molecular weight excluding hydrogens is 294 g/mol. The van der Waals surface area contributed by atoms with Crippen LogP contribution in [0.1, 0.15) is 0 Å². The number of carbonyl (C=O) groups is 1. The van der Waals surface area contributed by atoms with Gasteiger partial charge in [-0.2, -0.15) is 0 Å². The molecule has 1 aromatic carbocycles. The molecule has 1 heterocycles. The second-order valence-corrected chi connectivity index (χ2v) is 4.09. The molecule has 1 aromatic heterocycles. The summed E-state index contributed by atoms with van der Waals surface area (Å²) >= 11 is 0. The first-order valence-corrected chi connectivity index (χ1v) is 5.98. The molecule has 0 fully saturated rings. The fourth-order valence-electron chi connectivity index (χ4n) is 1.86. The van der Waals surface area contributed by atoms with Gasteiger partial charge >= 0.3 is 5.69 Å². The van der Waals surface area contributed by atoms with Crippen molar-refractivity contribution in [2.24, 2.45) is 0 Å². The number of ether oxygens (including phenoxy) is 2. The summed E-state index contributed by atoms with van der Waals surface area (Å²) in [5.41, 5.74) is 6.16. The predicted molar refractivity (Wildman–Crippen MR) is 77.4 cm³/mol. The number of carbonyl (C=O) groups excluding carboxylic acids is 1. The second kappa shape index (κ2) is 5.99. The monoisotopic (exact) mass is 307 g/mol. The molecule has 10 heteroatoms. The molecule has 0 bridgehead atoms. The number of benzene rings is 1. The van der Waals surface area contributed by atoms with E-state index in [2.05, 4.69) is 10.4 Å². The summed E-state index contributed by atoms with van der Waals surface area (Å²) in [7, 11) is 2.91. The van der Waals surface area contributed by atoms with Crippen LogP contribution in [-0.4, -0.2) is 35.3 Å². The van der Waals surface area contributed by atoms with Crippen LogP contribution < -0.4 is 20.5 Å². The molecule has 0 saturated carbocycles. The van der Waals surface area contributed by atoms with Crippen LogP contribution in [0.2, 0.25) is 0 Å². The number of nitrogens with zero attached hydrogens (tertiary/aromatic N) is 3. The highest BCUT2D eigenvalue weighted by molar-refractivity contribution is 5.75. The van der Waals surface area contributed by atoms with E-state index in [1.165, 1.54) is 31.0 Å². The number of amides is 1. The van der Waals surface area contributed by atoms with Crippen molar-refractivity contribution in [3.8, 4) is 17.2 Å². The van der Waals surface area contributed by atoms with E-state index in [1.54, 1.807) is 0 Å². The molecule has 116 valence electrons. The van der Waals surface area contributed by atoms with Crippen molar-refractivity contribution in [3.05, 3.63) is 28.4 Å². The van der Waals surface area contributed by atoms with Gasteiger partial charge in [0.25, 0.3) is 0 Å². The normalized spacial score (nSPS) is 10.1. The number of aromatic nitrogens is 2. The van der Waals surface area contributed by atoms with Gasteiger partial charge in [0.2, 0.25) is 12.2 Å². The number of methoxy groups -OCH3 is 2. The van der Waals surface area contributed by atoms with E-state index in [0.717, 1.165) is 6.20 Å². The van der Waals surface area contributed by atoms with Crippen LogP contribution >= 0.6 is 0 Å². The molecule has 10 nitrogen and oxygen atoms in total. The number of anilines is 2. The maximum atomic E-state index is 11.0. The van der Waals surface area contributed by atoms with Gasteiger partial charge in [0.1, 0.15) is 6.20 Å². The topological polar surface area (TPSA) is 135 Å². The van der Waals surface area contributed by atoms with Crippen molar-refractivity contribution >= 4 is 23.6 Å². The number of hydrogen-bond donors (Lipinski definition) is 2. The molecule has 0 radical (unpaired) electrons. The summed E-state index contributed by atoms with van der Waals surface area (Å²) in [6.45, 7) is 0. The van der Waals surface area contributed by atoms with Crippen molar-refractivity contribution in [1.82, 2.24) is 9.78 Å². The Balaban J connectivity index is 2.58. The molecule has 0 unspecified atom stereocenters. The highest BCUT2D eigenvalue weighted by Gasteiger charge is 2.21. The number of rotatable bonds is 6. The molecule has 0 aliphatic rings. The van der Waals surface area contributed by atoms with Crippen molar-refractivity contribution in [2.75, 3.05) is 25.3 Å². The summed E-state index contributed by atoms with van der Waals surface area (Å²) < 4.78 is 11.5. The first-order chi connectivity index (χ1) is 10.5. The van der Waals surface area contributed by atoms with Crippen LogP contribution in [0.3, 0.4) is 0 Å². The van der Waals surface area contributed by atoms with Crippen LogP contribution in [0.4, 0.5) is 17.2 Å². The van der Waals surface area contributed by atoms with Gasteiger partial charge in [0.05, 0.1) is 30.5 Å². The summed E-state index contributed by atoms with van der Waals surface area (Å²) in [5.74, 6) is 0.612. The van der Waals surface area contributed by atoms with E-state index in [1.807, 2.05) is 0 Å². The minimum atomic E-state index is -0.660. The lowest BCUT2D eigenvalue weighted by molar-refractivity contribution is -0.384. The van der Waals surface area contributed by atoms with Gasteiger partial charge in [-0.1, -0.05) is 0 Å². The van der Waals surface area contributed by atoms with Crippen LogP contribution in [0.15, 0.2) is 18.3 Å². The molecular formula is C12H13N5O5. The zero-order valence-corrected chi connectivity index (χ0v) is 11.8. The van der Waals surface area contributed by atoms with E-state index >= 15 is 0 Å². The SMILES string of the molecule is COc1cc(N)c(-n2cc([N+](=O)[O-])c(NC=O)n2)cc1OC. The van der Waals surface area contributed by atoms with E-state index in [0.29, 0.717) is 23.6 Å². The summed E-state index contributed by atoms with van der Waals surface area (Å²) in [4.78, 5) is 20.8. The molecule has 0 spiro atoms. The van der Waals surface area contributed by atoms with E-state index in [9.17, 15) is 14.9 Å². The Morgan fingerprint density at radius 1 is 1.36 bits per heavy atom. The maximum absolute atomic E-state index is 11.0. The molecule has 1 amide bonds. The second-order valence-electron chi connectivity index (χ2n) is 4.09. The Bertz CT molecular complexity index is 727. The Morgan fingerprint density at radius 2 is 2.00 bits per heavy atom. The van der Waals surface area contributed by atoms with Gasteiger partial charge in [-0.25, -0.2) is 4.68 Å². The minimum absolute atomic E-state index is 0.186. The van der Waals surface area contributed by atoms with Crippen LogP contribution in [0.25, 0.3) is 5.69 Å². The number of nitrogens with one attached hydrogen (secondary N) is 1. The lowest BCUT2D eigenvalue weighted by atomic mass is 10.2. The number of nitrogen functional groups attached to an aromatic ring is 1. The Kier molecular flexibility index (Phi) is 4.11. The molecule has 3 N–H and O–H groups in total. The Labute approximate surface area is 124 Å². The van der Waals surface area contributed by atoms with Crippen molar-refractivity contribution in [3.63, 3.8) is 0 Å². The maximum Gasteiger partial charge on any atom is 0.331 e. The van der Waals surface area contributed by atoms with Crippen LogP contribution in [0, 0.1) is 10.1 Å². The van der Waals surface area contributed by atoms with Crippen LogP contribution in [0.5, 0.6) is 11.5 Å². The van der Waals surface area contributed by atoms with Crippen molar-refractivity contribution < 1.29 is 19.2 Å². The van der Waals surface area contributed by atoms with E-state index in [4.69, 9.17) is 15.2 Å². The number of hydrogen-bond acceptors (Lipinski definition) is 7. The highest BCUT2D eigenvalue weighted by atomic mass is 16.6. The fraction of sp³-hybridized carbons (Fsp3) is 0.167. The van der Waals surface area contributed by atoms with Gasteiger partial charge in [0, 0.05) is 12.1 Å². The molecule has 0 aliphatic heterocycles. The molecule has 2 rings (SSSR count). The summed E-state index contributed by atoms with van der Waals surface area (Å²) in [6.07, 6.45) is 1.45. The standard InChI is InChI=1S/C12H13N5O5/c1-21-10-3-7(13)8(4-11(10)22-2)16-5-9(17(19)20)12(15-16)14-6-18/h3-6H,13H2,1-2H3,(H,14,15,18). The van der Waals surface area contributed by atoms with E-state index < -0.39 is 4.92 Å². The van der Waals surface area contributed by atoms with Crippen molar-refractivity contribution in [2.45, 2.75) is 0 Å². The first kappa shape index (κ1) is 15.1. The average molecular weight is 307 g/mol. The summed E-state index contributed by atoms with van der Waals surface area (Å²) in [5, 5.41) is 17.1. The molecule has 22 heavy (non-hydrogen) atoms. The van der Waals surface area contributed by atoms with E-state index in [-0.39, 0.29) is 17.2 Å².